The molecule has 0 saturated carbocycles. The highest BCUT2D eigenvalue weighted by Gasteiger charge is 2.16. The number of aromatic amines is 1. The molecule has 15 heavy (non-hydrogen) atoms. The first-order chi connectivity index (χ1) is 7.20. The molecule has 0 bridgehead atoms. The Morgan fingerprint density at radius 1 is 1.40 bits per heavy atom. The lowest BCUT2D eigenvalue weighted by atomic mass is 10.1. The highest BCUT2D eigenvalue weighted by molar-refractivity contribution is 5.93. The van der Waals surface area contributed by atoms with Gasteiger partial charge in [0.15, 0.2) is 5.69 Å². The van der Waals surface area contributed by atoms with Crippen molar-refractivity contribution in [3.63, 3.8) is 0 Å². The zero-order valence-electron chi connectivity index (χ0n) is 7.93. The molecule has 2 aromatic rings. The van der Waals surface area contributed by atoms with Gasteiger partial charge < -0.3 is 5.11 Å². The lowest BCUT2D eigenvalue weighted by Crippen LogP contribution is -2.01. The maximum absolute atomic E-state index is 10.8. The van der Waals surface area contributed by atoms with Crippen LogP contribution in [0.1, 0.15) is 16.2 Å². The van der Waals surface area contributed by atoms with E-state index in [0.29, 0.717) is 17.0 Å². The third-order valence-corrected chi connectivity index (χ3v) is 1.99. The molecule has 0 atom stereocenters. The van der Waals surface area contributed by atoms with Crippen molar-refractivity contribution in [1.82, 2.24) is 20.2 Å². The summed E-state index contributed by atoms with van der Waals surface area (Å²) < 4.78 is 0. The monoisotopic (exact) mass is 204 g/mol. The fraction of sp³-hybridized carbons (Fsp3) is 0.111. The molecule has 2 aromatic heterocycles. The van der Waals surface area contributed by atoms with Crippen molar-refractivity contribution in [3.05, 3.63) is 30.0 Å². The minimum absolute atomic E-state index is 0.0265. The normalized spacial score (nSPS) is 10.2. The van der Waals surface area contributed by atoms with Gasteiger partial charge in [0.1, 0.15) is 0 Å². The molecule has 0 spiro atoms. The standard InChI is InChI=1S/C9H8N4O2/c1-5-7(11-3-2-10-5)6-4-12-13-8(6)9(14)15/h2-4H,1H3,(H,12,13)(H,14,15). The second-order valence-electron chi connectivity index (χ2n) is 2.95. The number of aryl methyl sites for hydroxylation is 1. The predicted molar refractivity (Wildman–Crippen MR) is 51.3 cm³/mol. The molecule has 6 heteroatoms. The summed E-state index contributed by atoms with van der Waals surface area (Å²) in [5.74, 6) is -1.06. The first kappa shape index (κ1) is 9.32. The van der Waals surface area contributed by atoms with E-state index in [2.05, 4.69) is 20.2 Å². The average molecular weight is 204 g/mol. The fourth-order valence-electron chi connectivity index (χ4n) is 1.30. The largest absolute Gasteiger partial charge is 0.477 e. The van der Waals surface area contributed by atoms with Gasteiger partial charge in [-0.05, 0) is 6.92 Å². The molecule has 0 aromatic carbocycles. The van der Waals surface area contributed by atoms with E-state index in [0.717, 1.165) is 0 Å². The van der Waals surface area contributed by atoms with E-state index in [-0.39, 0.29) is 5.69 Å². The van der Waals surface area contributed by atoms with E-state index >= 15 is 0 Å². The van der Waals surface area contributed by atoms with Crippen LogP contribution in [0.25, 0.3) is 11.3 Å². The van der Waals surface area contributed by atoms with Gasteiger partial charge >= 0.3 is 5.97 Å². The molecular weight excluding hydrogens is 196 g/mol. The predicted octanol–water partition coefficient (Wildman–Crippen LogP) is 0.873. The SMILES string of the molecule is Cc1nccnc1-c1cn[nH]c1C(=O)O. The Morgan fingerprint density at radius 3 is 2.80 bits per heavy atom. The number of aromatic nitrogens is 4. The molecule has 76 valence electrons. The molecule has 6 nitrogen and oxygen atoms in total. The summed E-state index contributed by atoms with van der Waals surface area (Å²) in [6.45, 7) is 1.76. The molecule has 0 aliphatic heterocycles. The molecule has 0 unspecified atom stereocenters. The van der Waals surface area contributed by atoms with Crippen molar-refractivity contribution in [3.8, 4) is 11.3 Å². The average Bonchev–Trinajstić information content (AvgIpc) is 2.67. The lowest BCUT2D eigenvalue weighted by Gasteiger charge is -2.00. The summed E-state index contributed by atoms with van der Waals surface area (Å²) in [4.78, 5) is 19.0. The highest BCUT2D eigenvalue weighted by atomic mass is 16.4. The number of hydrogen-bond acceptors (Lipinski definition) is 4. The molecule has 0 aliphatic rings. The number of nitrogens with one attached hydrogen (secondary N) is 1. The van der Waals surface area contributed by atoms with E-state index in [9.17, 15) is 4.79 Å². The maximum Gasteiger partial charge on any atom is 0.354 e. The van der Waals surface area contributed by atoms with E-state index in [4.69, 9.17) is 5.11 Å². The van der Waals surface area contributed by atoms with E-state index < -0.39 is 5.97 Å². The van der Waals surface area contributed by atoms with Gasteiger partial charge in [0.2, 0.25) is 0 Å². The van der Waals surface area contributed by atoms with Gasteiger partial charge in [-0.15, -0.1) is 0 Å². The van der Waals surface area contributed by atoms with E-state index in [1.54, 1.807) is 13.1 Å². The number of carboxylic acids is 1. The van der Waals surface area contributed by atoms with Crippen molar-refractivity contribution < 1.29 is 9.90 Å². The summed E-state index contributed by atoms with van der Waals surface area (Å²) in [5.41, 5.74) is 1.68. The summed E-state index contributed by atoms with van der Waals surface area (Å²) in [6, 6.07) is 0. The Balaban J connectivity index is 2.59. The highest BCUT2D eigenvalue weighted by Crippen LogP contribution is 2.21. The smallest absolute Gasteiger partial charge is 0.354 e. The number of hydrogen-bond donors (Lipinski definition) is 2. The summed E-state index contributed by atoms with van der Waals surface area (Å²) in [5, 5.41) is 15.0. The molecule has 0 saturated heterocycles. The van der Waals surface area contributed by atoms with Crippen LogP contribution in [0.3, 0.4) is 0 Å². The second kappa shape index (κ2) is 3.49. The lowest BCUT2D eigenvalue weighted by molar-refractivity contribution is 0.0691. The molecular formula is C9H8N4O2. The van der Waals surface area contributed by atoms with Gasteiger partial charge in [-0.3, -0.25) is 15.1 Å². The van der Waals surface area contributed by atoms with Gasteiger partial charge in [-0.2, -0.15) is 5.10 Å². The number of aromatic carboxylic acids is 1. The van der Waals surface area contributed by atoms with Crippen LogP contribution in [-0.4, -0.2) is 31.2 Å². The third-order valence-electron chi connectivity index (χ3n) is 1.99. The Labute approximate surface area is 85.0 Å². The van der Waals surface area contributed by atoms with E-state index in [1.807, 2.05) is 0 Å². The van der Waals surface area contributed by atoms with Crippen LogP contribution in [0.5, 0.6) is 0 Å². The van der Waals surface area contributed by atoms with Crippen LogP contribution in [-0.2, 0) is 0 Å². The number of H-pyrrole nitrogens is 1. The summed E-state index contributed by atoms with van der Waals surface area (Å²) in [6.07, 6.45) is 4.50. The van der Waals surface area contributed by atoms with Gasteiger partial charge in [0.25, 0.3) is 0 Å². The van der Waals surface area contributed by atoms with Crippen LogP contribution in [0.4, 0.5) is 0 Å². The number of carboxylic acid groups (broad SMARTS) is 1. The van der Waals surface area contributed by atoms with E-state index in [1.165, 1.54) is 12.4 Å². The van der Waals surface area contributed by atoms with Crippen molar-refractivity contribution in [2.75, 3.05) is 0 Å². The molecule has 2 heterocycles. The van der Waals surface area contributed by atoms with Crippen LogP contribution in [0.15, 0.2) is 18.6 Å². The molecule has 2 N–H and O–H groups in total. The van der Waals surface area contributed by atoms with Gasteiger partial charge in [0.05, 0.1) is 23.1 Å². The first-order valence-corrected chi connectivity index (χ1v) is 4.25. The summed E-state index contributed by atoms with van der Waals surface area (Å²) >= 11 is 0. The van der Waals surface area contributed by atoms with Gasteiger partial charge in [-0.1, -0.05) is 0 Å². The van der Waals surface area contributed by atoms with Crippen LogP contribution in [0.2, 0.25) is 0 Å². The Bertz CT molecular complexity index is 506. The molecule has 0 fully saturated rings. The van der Waals surface area contributed by atoms with Crippen LogP contribution >= 0.6 is 0 Å². The molecule has 0 aliphatic carbocycles. The Morgan fingerprint density at radius 2 is 2.13 bits per heavy atom. The minimum Gasteiger partial charge on any atom is -0.477 e. The van der Waals surface area contributed by atoms with Crippen molar-refractivity contribution in [2.45, 2.75) is 6.92 Å². The van der Waals surface area contributed by atoms with Crippen molar-refractivity contribution >= 4 is 5.97 Å². The van der Waals surface area contributed by atoms with Crippen molar-refractivity contribution in [1.29, 1.82) is 0 Å². The third kappa shape index (κ3) is 1.56. The second-order valence-corrected chi connectivity index (χ2v) is 2.95. The molecule has 0 radical (unpaired) electrons. The molecule has 0 amide bonds. The quantitative estimate of drug-likeness (QED) is 0.757. The number of nitrogens with zero attached hydrogens (tertiary/aromatic N) is 3. The fourth-order valence-corrected chi connectivity index (χ4v) is 1.30. The minimum atomic E-state index is -1.06. The first-order valence-electron chi connectivity index (χ1n) is 4.25. The number of rotatable bonds is 2. The van der Waals surface area contributed by atoms with Gasteiger partial charge in [-0.25, -0.2) is 4.79 Å². The maximum atomic E-state index is 10.8. The van der Waals surface area contributed by atoms with Gasteiger partial charge in [0, 0.05) is 12.4 Å². The van der Waals surface area contributed by atoms with Crippen LogP contribution < -0.4 is 0 Å². The zero-order valence-corrected chi connectivity index (χ0v) is 7.93. The summed E-state index contributed by atoms with van der Waals surface area (Å²) in [7, 11) is 0. The Hall–Kier alpha value is -2.24. The van der Waals surface area contributed by atoms with Crippen molar-refractivity contribution in [2.24, 2.45) is 0 Å². The van der Waals surface area contributed by atoms with Crippen LogP contribution in [0, 0.1) is 6.92 Å². The zero-order chi connectivity index (χ0) is 10.8. The molecule has 2 rings (SSSR count). The Kier molecular flexibility index (Phi) is 2.17. The number of carbonyl (C=O) groups is 1. The topological polar surface area (TPSA) is 91.8 Å².